The van der Waals surface area contributed by atoms with E-state index in [-0.39, 0.29) is 10.8 Å². The van der Waals surface area contributed by atoms with Crippen LogP contribution in [0.25, 0.3) is 0 Å². The van der Waals surface area contributed by atoms with E-state index in [1.165, 1.54) is 65.9 Å². The van der Waals surface area contributed by atoms with Crippen LogP contribution in [-0.4, -0.2) is 0 Å². The Morgan fingerprint density at radius 1 is 0.514 bits per heavy atom. The number of rotatable bonds is 12. The van der Waals surface area contributed by atoms with Crippen LogP contribution in [0.5, 0.6) is 0 Å². The lowest BCUT2D eigenvalue weighted by Crippen LogP contribution is -2.17. The van der Waals surface area contributed by atoms with Crippen molar-refractivity contribution in [2.75, 3.05) is 4.90 Å². The number of hydrogen-bond donors (Lipinski definition) is 0. The Labute approximate surface area is 215 Å². The first-order valence-electron chi connectivity index (χ1n) is 13.8. The topological polar surface area (TPSA) is 3.24 Å². The van der Waals surface area contributed by atoms with E-state index in [0.717, 1.165) is 12.8 Å². The molecule has 0 radical (unpaired) electrons. The van der Waals surface area contributed by atoms with Crippen molar-refractivity contribution < 1.29 is 0 Å². The predicted octanol–water partition coefficient (Wildman–Crippen LogP) is 10.7. The summed E-state index contributed by atoms with van der Waals surface area (Å²) in [6.07, 6.45) is 8.65. The molecule has 3 aromatic carbocycles. The van der Waals surface area contributed by atoms with Gasteiger partial charge in [-0.15, -0.1) is 0 Å². The van der Waals surface area contributed by atoms with Crippen LogP contribution in [0.1, 0.15) is 104 Å². The number of anilines is 3. The van der Waals surface area contributed by atoms with Crippen LogP contribution >= 0.6 is 0 Å². The van der Waals surface area contributed by atoms with Crippen molar-refractivity contribution in [2.24, 2.45) is 0 Å². The van der Waals surface area contributed by atoms with Crippen molar-refractivity contribution in [1.29, 1.82) is 0 Å². The molecule has 1 nitrogen and oxygen atoms in total. The molecule has 0 saturated carbocycles. The van der Waals surface area contributed by atoms with Gasteiger partial charge in [-0.25, -0.2) is 0 Å². The Morgan fingerprint density at radius 2 is 0.914 bits per heavy atom. The summed E-state index contributed by atoms with van der Waals surface area (Å²) < 4.78 is 0. The highest BCUT2D eigenvalue weighted by molar-refractivity contribution is 5.76. The normalized spacial score (nSPS) is 12.1. The maximum absolute atomic E-state index is 2.40. The monoisotopic (exact) mass is 469 g/mol. The molecule has 0 aromatic heterocycles. The second-order valence-corrected chi connectivity index (χ2v) is 11.4. The second kappa shape index (κ2) is 11.9. The van der Waals surface area contributed by atoms with E-state index in [1.807, 2.05) is 0 Å². The molecule has 0 unspecified atom stereocenters. The first kappa shape index (κ1) is 27.1. The van der Waals surface area contributed by atoms with Gasteiger partial charge in [-0.05, 0) is 89.6 Å². The van der Waals surface area contributed by atoms with Crippen molar-refractivity contribution in [3.8, 4) is 0 Å². The molecule has 0 bridgehead atoms. The van der Waals surface area contributed by atoms with Gasteiger partial charge in [0.1, 0.15) is 0 Å². The molecular formula is C34H47N. The van der Waals surface area contributed by atoms with Crippen molar-refractivity contribution >= 4 is 17.1 Å². The Balaban J connectivity index is 1.95. The molecular weight excluding hydrogens is 422 g/mol. The third-order valence-electron chi connectivity index (χ3n) is 8.10. The van der Waals surface area contributed by atoms with Crippen LogP contribution in [0, 0.1) is 0 Å². The number of nitrogens with zero attached hydrogens (tertiary/aromatic N) is 1. The maximum atomic E-state index is 2.40. The third kappa shape index (κ3) is 6.78. The fraction of sp³-hybridized carbons (Fsp3) is 0.471. The summed E-state index contributed by atoms with van der Waals surface area (Å²) in [6.45, 7) is 16.1. The van der Waals surface area contributed by atoms with E-state index in [9.17, 15) is 0 Å². The fourth-order valence-corrected chi connectivity index (χ4v) is 4.55. The molecule has 0 fully saturated rings. The van der Waals surface area contributed by atoms with Gasteiger partial charge in [0.15, 0.2) is 0 Å². The zero-order valence-corrected chi connectivity index (χ0v) is 23.3. The van der Waals surface area contributed by atoms with Gasteiger partial charge >= 0.3 is 0 Å². The molecule has 3 aromatic rings. The van der Waals surface area contributed by atoms with Crippen LogP contribution in [0.15, 0.2) is 72.8 Å². The molecule has 1 heteroatoms. The minimum Gasteiger partial charge on any atom is -0.311 e. The summed E-state index contributed by atoms with van der Waals surface area (Å²) in [5, 5.41) is 0. The number of unbranched alkanes of at least 4 members (excludes halogenated alkanes) is 3. The molecule has 0 N–H and O–H groups in total. The highest BCUT2D eigenvalue weighted by atomic mass is 15.1. The van der Waals surface area contributed by atoms with Gasteiger partial charge in [-0.1, -0.05) is 104 Å². The number of aryl methyl sites for hydroxylation is 1. The fourth-order valence-electron chi connectivity index (χ4n) is 4.55. The first-order chi connectivity index (χ1) is 16.7. The SMILES string of the molecule is CCCCCCc1ccc(N(c2ccc(C(C)(C)CC)cc2)c2ccc(C(C)(C)CC)cc2)cc1. The Bertz CT molecular complexity index is 964. The molecule has 0 atom stereocenters. The molecule has 0 spiro atoms. The Morgan fingerprint density at radius 3 is 1.29 bits per heavy atom. The van der Waals surface area contributed by atoms with E-state index in [4.69, 9.17) is 0 Å². The van der Waals surface area contributed by atoms with Crippen molar-refractivity contribution in [3.63, 3.8) is 0 Å². The molecule has 0 heterocycles. The Hall–Kier alpha value is -2.54. The maximum Gasteiger partial charge on any atom is 0.0461 e. The number of benzene rings is 3. The lowest BCUT2D eigenvalue weighted by Gasteiger charge is -2.29. The zero-order chi connectivity index (χ0) is 25.5. The standard InChI is InChI=1S/C34H47N/c1-8-11-12-13-14-27-15-21-30(22-16-27)35(31-23-17-28(18-24-31)33(4,5)9-2)32-25-19-29(20-26-32)34(6,7)10-3/h15-26H,8-14H2,1-7H3. The lowest BCUT2D eigenvalue weighted by atomic mass is 9.82. The predicted molar refractivity (Wildman–Crippen MR) is 156 cm³/mol. The average Bonchev–Trinajstić information content (AvgIpc) is 2.88. The van der Waals surface area contributed by atoms with Gasteiger partial charge in [0, 0.05) is 17.1 Å². The van der Waals surface area contributed by atoms with Gasteiger partial charge in [0.05, 0.1) is 0 Å². The minimum absolute atomic E-state index is 0.191. The van der Waals surface area contributed by atoms with E-state index >= 15 is 0 Å². The van der Waals surface area contributed by atoms with Gasteiger partial charge in [-0.3, -0.25) is 0 Å². The largest absolute Gasteiger partial charge is 0.311 e. The average molecular weight is 470 g/mol. The van der Waals surface area contributed by atoms with Gasteiger partial charge in [-0.2, -0.15) is 0 Å². The Kier molecular flexibility index (Phi) is 9.22. The van der Waals surface area contributed by atoms with E-state index in [2.05, 4.69) is 126 Å². The van der Waals surface area contributed by atoms with Crippen LogP contribution in [0.3, 0.4) is 0 Å². The molecule has 0 aliphatic heterocycles. The van der Waals surface area contributed by atoms with E-state index in [0.29, 0.717) is 0 Å². The summed E-state index contributed by atoms with van der Waals surface area (Å²) in [4.78, 5) is 2.40. The van der Waals surface area contributed by atoms with Crippen LogP contribution in [-0.2, 0) is 17.3 Å². The quantitative estimate of drug-likeness (QED) is 0.238. The van der Waals surface area contributed by atoms with Gasteiger partial charge < -0.3 is 4.90 Å². The minimum atomic E-state index is 0.191. The summed E-state index contributed by atoms with van der Waals surface area (Å²) in [6, 6.07) is 27.6. The number of hydrogen-bond acceptors (Lipinski definition) is 1. The van der Waals surface area contributed by atoms with Gasteiger partial charge in [0.2, 0.25) is 0 Å². The second-order valence-electron chi connectivity index (χ2n) is 11.4. The molecule has 0 saturated heterocycles. The first-order valence-corrected chi connectivity index (χ1v) is 13.8. The summed E-state index contributed by atoms with van der Waals surface area (Å²) in [5.74, 6) is 0. The molecule has 188 valence electrons. The summed E-state index contributed by atoms with van der Waals surface area (Å²) in [5.41, 5.74) is 8.24. The van der Waals surface area contributed by atoms with E-state index < -0.39 is 0 Å². The van der Waals surface area contributed by atoms with Crippen molar-refractivity contribution in [1.82, 2.24) is 0 Å². The van der Waals surface area contributed by atoms with Crippen LogP contribution < -0.4 is 4.90 Å². The highest BCUT2D eigenvalue weighted by Crippen LogP contribution is 2.38. The van der Waals surface area contributed by atoms with Crippen molar-refractivity contribution in [3.05, 3.63) is 89.5 Å². The molecule has 0 aliphatic carbocycles. The smallest absolute Gasteiger partial charge is 0.0461 e. The lowest BCUT2D eigenvalue weighted by molar-refractivity contribution is 0.506. The van der Waals surface area contributed by atoms with E-state index in [1.54, 1.807) is 0 Å². The van der Waals surface area contributed by atoms with Gasteiger partial charge in [0.25, 0.3) is 0 Å². The molecule has 0 aliphatic rings. The molecule has 0 amide bonds. The van der Waals surface area contributed by atoms with Crippen molar-refractivity contribution in [2.45, 2.75) is 104 Å². The zero-order valence-electron chi connectivity index (χ0n) is 23.3. The summed E-state index contributed by atoms with van der Waals surface area (Å²) in [7, 11) is 0. The highest BCUT2D eigenvalue weighted by Gasteiger charge is 2.21. The third-order valence-corrected chi connectivity index (χ3v) is 8.10. The summed E-state index contributed by atoms with van der Waals surface area (Å²) >= 11 is 0. The van der Waals surface area contributed by atoms with Crippen LogP contribution in [0.4, 0.5) is 17.1 Å². The molecule has 35 heavy (non-hydrogen) atoms. The van der Waals surface area contributed by atoms with Crippen LogP contribution in [0.2, 0.25) is 0 Å². The molecule has 3 rings (SSSR count).